The topological polar surface area (TPSA) is 296 Å². The minimum Gasteiger partial charge on any atom is -0.744 e. The fourth-order valence-corrected chi connectivity index (χ4v) is 12.4. The van der Waals surface area contributed by atoms with Crippen LogP contribution in [0.1, 0.15) is 71.4 Å². The molecule has 0 aromatic heterocycles. The molecule has 23 heteroatoms. The van der Waals surface area contributed by atoms with Gasteiger partial charge in [-0.1, -0.05) is 56.3 Å². The highest BCUT2D eigenvalue weighted by Crippen LogP contribution is 2.52. The quantitative estimate of drug-likeness (QED) is 0.0227. The second kappa shape index (κ2) is 18.9. The number of amides is 1. The molecule has 0 atom stereocenters. The van der Waals surface area contributed by atoms with Gasteiger partial charge >= 0.3 is 7.12 Å². The molecule has 0 spiro atoms. The molecule has 0 saturated carbocycles. The summed E-state index contributed by atoms with van der Waals surface area (Å²) in [4.78, 5) is 11.8. The van der Waals surface area contributed by atoms with E-state index in [1.807, 2.05) is 56.2 Å². The van der Waals surface area contributed by atoms with Crippen molar-refractivity contribution in [2.45, 2.75) is 90.7 Å². The molecule has 0 saturated heterocycles. The van der Waals surface area contributed by atoms with Crippen LogP contribution in [0.2, 0.25) is 0 Å². The molecule has 18 nitrogen and oxygen atoms in total. The lowest BCUT2D eigenvalue weighted by molar-refractivity contribution is -0.438. The Bertz CT molecular complexity index is 3600. The molecule has 370 valence electrons. The van der Waals surface area contributed by atoms with Crippen molar-refractivity contribution in [1.82, 2.24) is 0 Å². The third-order valence-electron chi connectivity index (χ3n) is 12.8. The summed E-state index contributed by atoms with van der Waals surface area (Å²) in [6.07, 6.45) is 10.6. The number of hydrogen-bond donors (Lipinski definition) is 6. The molecular formula is C47H50BN3O15S4. The first-order valence-electron chi connectivity index (χ1n) is 21.8. The van der Waals surface area contributed by atoms with E-state index in [4.69, 9.17) is 0 Å². The first-order chi connectivity index (χ1) is 32.5. The van der Waals surface area contributed by atoms with Gasteiger partial charge in [-0.3, -0.25) is 18.5 Å². The van der Waals surface area contributed by atoms with Gasteiger partial charge in [0, 0.05) is 75.8 Å². The van der Waals surface area contributed by atoms with E-state index < -0.39 is 78.0 Å². The van der Waals surface area contributed by atoms with E-state index in [0.29, 0.717) is 72.7 Å². The second-order valence-corrected chi connectivity index (χ2v) is 23.6. The maximum atomic E-state index is 12.9. The van der Waals surface area contributed by atoms with Gasteiger partial charge in [0.25, 0.3) is 30.4 Å². The van der Waals surface area contributed by atoms with Gasteiger partial charge in [-0.15, -0.1) is 0 Å². The van der Waals surface area contributed by atoms with Gasteiger partial charge in [0.15, 0.2) is 5.71 Å². The molecule has 5 aromatic carbocycles. The van der Waals surface area contributed by atoms with Crippen molar-refractivity contribution in [3.05, 3.63) is 120 Å². The number of carbonyl (C=O) groups is 1. The van der Waals surface area contributed by atoms with Gasteiger partial charge in [0.05, 0.1) is 20.1 Å². The standard InChI is InChI=1S/C47H50BN3O15S4/c1-6-50-37-22-20-31-33(25-29(67(55,56)57)27-39(31)69(61,62)63)44(37)46(2,3)41(50)17-9-7-10-18-42-47(4,5)45-34-26-30(68(58,59)60)28-40(70(64,65)66)32(34)21-23-38(45)51(42)24-14-8-11-19-43(52)49-36-16-13-12-15-35(36)48(53)54/h7,9-10,12-13,15-18,20-23,25-28,53-54H,6,8,11,14,19,24H2,1-5H3,(H4-,49,52,55,56,57,58,59,60,61,62,63,64,65,66). The molecular weight excluding hydrogens is 986 g/mol. The monoisotopic (exact) mass is 1040 g/mol. The Kier molecular flexibility index (Phi) is 14.1. The van der Waals surface area contributed by atoms with Crippen molar-refractivity contribution in [2.24, 2.45) is 0 Å². The smallest absolute Gasteiger partial charge is 0.490 e. The summed E-state index contributed by atoms with van der Waals surface area (Å²) < 4.78 is 144. The molecule has 1 amide bonds. The Labute approximate surface area is 406 Å². The summed E-state index contributed by atoms with van der Waals surface area (Å²) >= 11 is 0. The molecule has 0 radical (unpaired) electrons. The molecule has 70 heavy (non-hydrogen) atoms. The predicted molar refractivity (Wildman–Crippen MR) is 264 cm³/mol. The Morgan fingerprint density at radius 3 is 1.91 bits per heavy atom. The lowest BCUT2D eigenvalue weighted by atomic mass is 9.79. The number of unbranched alkanes of at least 4 members (excludes halogenated alkanes) is 2. The fraction of sp³-hybridized carbons (Fsp3) is 0.277. The average Bonchev–Trinajstić information content (AvgIpc) is 3.62. The molecule has 7 rings (SSSR count). The molecule has 2 aliphatic rings. The zero-order valence-electron chi connectivity index (χ0n) is 38.5. The molecule has 0 unspecified atom stereocenters. The summed E-state index contributed by atoms with van der Waals surface area (Å²) in [6, 6.07) is 16.2. The molecule has 2 heterocycles. The van der Waals surface area contributed by atoms with Crippen LogP contribution in [0.3, 0.4) is 0 Å². The van der Waals surface area contributed by atoms with E-state index in [1.165, 1.54) is 24.3 Å². The van der Waals surface area contributed by atoms with Gasteiger partial charge in [-0.05, 0) is 98.5 Å². The number of likely N-dealkylation sites (N-methyl/N-ethyl adjacent to an activating group) is 1. The highest BCUT2D eigenvalue weighted by atomic mass is 32.2. The number of fused-ring (bicyclic) bond motifs is 6. The Morgan fingerprint density at radius 1 is 0.714 bits per heavy atom. The van der Waals surface area contributed by atoms with Crippen LogP contribution in [0, 0.1) is 0 Å². The number of anilines is 2. The number of nitrogens with zero attached hydrogens (tertiary/aromatic N) is 2. The van der Waals surface area contributed by atoms with E-state index in [9.17, 15) is 66.7 Å². The van der Waals surface area contributed by atoms with Crippen LogP contribution in [0.5, 0.6) is 0 Å². The normalized spacial score (nSPS) is 16.6. The van der Waals surface area contributed by atoms with Crippen molar-refractivity contribution < 1.29 is 71.3 Å². The van der Waals surface area contributed by atoms with Crippen molar-refractivity contribution in [1.29, 1.82) is 0 Å². The van der Waals surface area contributed by atoms with Gasteiger partial charge < -0.3 is 24.8 Å². The second-order valence-electron chi connectivity index (χ2n) is 18.0. The van der Waals surface area contributed by atoms with Crippen LogP contribution < -0.4 is 15.7 Å². The molecule has 2 aliphatic heterocycles. The van der Waals surface area contributed by atoms with Gasteiger partial charge in [-0.2, -0.15) is 29.8 Å². The van der Waals surface area contributed by atoms with E-state index in [-0.39, 0.29) is 45.0 Å². The average molecular weight is 1040 g/mol. The minimum absolute atomic E-state index is 0.0379. The highest BCUT2D eigenvalue weighted by Gasteiger charge is 2.46. The van der Waals surface area contributed by atoms with E-state index in [1.54, 1.807) is 48.6 Å². The SMILES string of the molecule is CCN1/C(=C/C=C/C=C/C2=[N+](CCCCCC(=O)Nc3ccccc3B(O)O)c3ccc4c(S(=O)(=O)[O-])cc(S(=O)(=O)O)cc4c3C2(C)C)C(C)(C)c2c1ccc1c(S(=O)(=O)O)cc(S(=O)(=O)O)cc21. The van der Waals surface area contributed by atoms with Crippen LogP contribution in [-0.4, -0.2) is 98.3 Å². The van der Waals surface area contributed by atoms with Crippen LogP contribution in [0.4, 0.5) is 17.1 Å². The van der Waals surface area contributed by atoms with E-state index in [2.05, 4.69) is 5.32 Å². The molecule has 5 aromatic rings. The van der Waals surface area contributed by atoms with E-state index >= 15 is 0 Å². The number of hydrogen-bond acceptors (Lipinski definition) is 13. The van der Waals surface area contributed by atoms with Crippen molar-refractivity contribution >= 4 is 103 Å². The Hall–Kier alpha value is -5.60. The van der Waals surface area contributed by atoms with Gasteiger partial charge in [-0.25, -0.2) is 8.42 Å². The largest absolute Gasteiger partial charge is 0.744 e. The number of carbonyl (C=O) groups excluding carboxylic acids is 1. The summed E-state index contributed by atoms with van der Waals surface area (Å²) in [6.45, 7) is 10.1. The first-order valence-corrected chi connectivity index (χ1v) is 27.6. The van der Waals surface area contributed by atoms with Crippen molar-refractivity contribution in [3.8, 4) is 0 Å². The van der Waals surface area contributed by atoms with Crippen LogP contribution in [0.15, 0.2) is 128 Å². The summed E-state index contributed by atoms with van der Waals surface area (Å²) in [5.74, 6) is -0.333. The number of allylic oxidation sites excluding steroid dienone is 6. The Balaban J connectivity index is 1.25. The molecule has 6 N–H and O–H groups in total. The van der Waals surface area contributed by atoms with Gasteiger partial charge in [0.2, 0.25) is 11.6 Å². The number of para-hydroxylation sites is 1. The summed E-state index contributed by atoms with van der Waals surface area (Å²) in [5, 5.41) is 22.4. The van der Waals surface area contributed by atoms with Crippen molar-refractivity contribution in [2.75, 3.05) is 23.3 Å². The van der Waals surface area contributed by atoms with E-state index in [0.717, 1.165) is 11.8 Å². The maximum absolute atomic E-state index is 12.9. The molecule has 0 bridgehead atoms. The predicted octanol–water partition coefficient (Wildman–Crippen LogP) is 5.71. The minimum atomic E-state index is -5.24. The Morgan fingerprint density at radius 2 is 1.31 bits per heavy atom. The molecule has 0 aliphatic carbocycles. The van der Waals surface area contributed by atoms with Crippen LogP contribution in [0.25, 0.3) is 21.5 Å². The maximum Gasteiger partial charge on any atom is 0.490 e. The fourth-order valence-electron chi connectivity index (χ4n) is 9.72. The lowest BCUT2D eigenvalue weighted by Gasteiger charge is -2.26. The summed E-state index contributed by atoms with van der Waals surface area (Å²) in [5.41, 5.74) is 2.23. The third kappa shape index (κ3) is 10.00. The van der Waals surface area contributed by atoms with Crippen molar-refractivity contribution in [3.63, 3.8) is 0 Å². The number of rotatable bonds is 16. The number of nitrogens with one attached hydrogen (secondary N) is 1. The molecule has 0 fully saturated rings. The lowest BCUT2D eigenvalue weighted by Crippen LogP contribution is -2.33. The van der Waals surface area contributed by atoms with Crippen LogP contribution in [-0.2, 0) is 56.1 Å². The van der Waals surface area contributed by atoms with Gasteiger partial charge in [0.1, 0.15) is 21.6 Å². The third-order valence-corrected chi connectivity index (χ3v) is 16.2. The highest BCUT2D eigenvalue weighted by molar-refractivity contribution is 7.87. The zero-order valence-corrected chi connectivity index (χ0v) is 41.7. The summed E-state index contributed by atoms with van der Waals surface area (Å²) in [7, 11) is -21.8. The first kappa shape index (κ1) is 52.2. The number of benzene rings is 5. The zero-order chi connectivity index (χ0) is 51.5. The van der Waals surface area contributed by atoms with Crippen LogP contribution >= 0.6 is 0 Å².